The molecule has 2 aliphatic heterocycles. The number of hydrogen-bond donors (Lipinski definition) is 0. The zero-order valence-electron chi connectivity index (χ0n) is 10.2. The zero-order valence-corrected chi connectivity index (χ0v) is 10.2. The molecule has 2 aliphatic rings. The van der Waals surface area contributed by atoms with Crippen LogP contribution in [0.5, 0.6) is 0 Å². The summed E-state index contributed by atoms with van der Waals surface area (Å²) in [7, 11) is 0. The summed E-state index contributed by atoms with van der Waals surface area (Å²) in [5.41, 5.74) is 0. The van der Waals surface area contributed by atoms with Crippen molar-refractivity contribution in [1.82, 2.24) is 0 Å². The summed E-state index contributed by atoms with van der Waals surface area (Å²) in [6.07, 6.45) is 11.7. The largest absolute Gasteiger partial charge is 0.563 e. The molecular weight excluding hydrogens is 183 g/mol. The smallest absolute Gasteiger partial charge is 0.363 e. The average Bonchev–Trinajstić information content (AvgIpc) is 2.25. The Hall–Kier alpha value is -0.395. The minimum atomic E-state index is 0.554. The van der Waals surface area contributed by atoms with Crippen molar-refractivity contribution in [3.05, 3.63) is 11.8 Å². The van der Waals surface area contributed by atoms with E-state index in [0.717, 1.165) is 18.1 Å². The number of hydrogen-bond acceptors (Lipinski definition) is 1. The fourth-order valence-corrected chi connectivity index (χ4v) is 3.34. The Bertz CT molecular complexity index is 215. The van der Waals surface area contributed by atoms with Gasteiger partial charge in [0.1, 0.15) is 0 Å². The molecule has 2 heteroatoms. The highest BCUT2D eigenvalue weighted by Crippen LogP contribution is 2.47. The SMILES string of the molecule is CC=C(CC)OB1C2CCCC1CCC2. The molecule has 0 atom stereocenters. The van der Waals surface area contributed by atoms with Crippen molar-refractivity contribution in [2.24, 2.45) is 0 Å². The van der Waals surface area contributed by atoms with Gasteiger partial charge in [0.05, 0.1) is 5.76 Å². The van der Waals surface area contributed by atoms with Gasteiger partial charge in [0.2, 0.25) is 0 Å². The second-order valence-electron chi connectivity index (χ2n) is 5.07. The van der Waals surface area contributed by atoms with Crippen molar-refractivity contribution < 1.29 is 4.65 Å². The van der Waals surface area contributed by atoms with Crippen LogP contribution in [0, 0.1) is 0 Å². The zero-order chi connectivity index (χ0) is 10.7. The van der Waals surface area contributed by atoms with Gasteiger partial charge in [-0.2, -0.15) is 0 Å². The maximum atomic E-state index is 6.22. The first-order chi connectivity index (χ1) is 7.35. The normalized spacial score (nSPS) is 31.6. The van der Waals surface area contributed by atoms with Crippen LogP contribution in [0.15, 0.2) is 11.8 Å². The first-order valence-electron chi connectivity index (χ1n) is 6.67. The summed E-state index contributed by atoms with van der Waals surface area (Å²) in [5, 5.41) is 0. The van der Waals surface area contributed by atoms with E-state index in [4.69, 9.17) is 4.65 Å². The van der Waals surface area contributed by atoms with E-state index in [-0.39, 0.29) is 0 Å². The van der Waals surface area contributed by atoms with Crippen LogP contribution >= 0.6 is 0 Å². The summed E-state index contributed by atoms with van der Waals surface area (Å²) in [4.78, 5) is 0. The van der Waals surface area contributed by atoms with Gasteiger partial charge in [-0.15, -0.1) is 0 Å². The molecule has 2 heterocycles. The Labute approximate surface area is 94.4 Å². The highest BCUT2D eigenvalue weighted by molar-refractivity contribution is 6.56. The van der Waals surface area contributed by atoms with Crippen LogP contribution in [0.1, 0.15) is 58.8 Å². The van der Waals surface area contributed by atoms with Crippen LogP contribution in [0.4, 0.5) is 0 Å². The van der Waals surface area contributed by atoms with Gasteiger partial charge >= 0.3 is 6.92 Å². The molecule has 0 N–H and O–H groups in total. The Morgan fingerprint density at radius 1 is 1.20 bits per heavy atom. The van der Waals surface area contributed by atoms with Gasteiger partial charge in [0, 0.05) is 0 Å². The third kappa shape index (κ3) is 2.40. The van der Waals surface area contributed by atoms with E-state index in [9.17, 15) is 0 Å². The van der Waals surface area contributed by atoms with Gasteiger partial charge in [0.15, 0.2) is 0 Å². The monoisotopic (exact) mass is 206 g/mol. The van der Waals surface area contributed by atoms with Crippen LogP contribution in [-0.2, 0) is 4.65 Å². The Morgan fingerprint density at radius 2 is 1.73 bits per heavy atom. The Kier molecular flexibility index (Phi) is 3.77. The van der Waals surface area contributed by atoms with Crippen LogP contribution < -0.4 is 0 Å². The van der Waals surface area contributed by atoms with Gasteiger partial charge in [-0.1, -0.05) is 51.5 Å². The van der Waals surface area contributed by atoms with Gasteiger partial charge in [-0.3, -0.25) is 0 Å². The lowest BCUT2D eigenvalue weighted by atomic mass is 9.38. The third-order valence-corrected chi connectivity index (χ3v) is 4.19. The molecule has 0 radical (unpaired) electrons. The van der Waals surface area contributed by atoms with Gasteiger partial charge in [-0.05, 0) is 25.0 Å². The number of allylic oxidation sites excluding steroid dienone is 2. The molecule has 0 unspecified atom stereocenters. The number of fused-ring (bicyclic) bond motifs is 2. The van der Waals surface area contributed by atoms with E-state index < -0.39 is 0 Å². The molecule has 2 fully saturated rings. The van der Waals surface area contributed by atoms with Gasteiger partial charge < -0.3 is 4.65 Å². The van der Waals surface area contributed by atoms with E-state index >= 15 is 0 Å². The average molecular weight is 206 g/mol. The third-order valence-electron chi connectivity index (χ3n) is 4.19. The maximum Gasteiger partial charge on any atom is 0.363 e. The summed E-state index contributed by atoms with van der Waals surface area (Å²) < 4.78 is 6.22. The molecule has 0 aromatic rings. The Morgan fingerprint density at radius 3 is 2.13 bits per heavy atom. The van der Waals surface area contributed by atoms with Gasteiger partial charge in [0.25, 0.3) is 0 Å². The lowest BCUT2D eigenvalue weighted by Crippen LogP contribution is -2.37. The lowest BCUT2D eigenvalue weighted by Gasteiger charge is -2.39. The maximum absolute atomic E-state index is 6.22. The molecule has 2 saturated heterocycles. The fraction of sp³-hybridized carbons (Fsp3) is 0.846. The molecule has 0 amide bonds. The second kappa shape index (κ2) is 5.09. The Balaban J connectivity index is 2.00. The first kappa shape index (κ1) is 11.1. The lowest BCUT2D eigenvalue weighted by molar-refractivity contribution is 0.325. The molecule has 2 bridgehead atoms. The van der Waals surface area contributed by atoms with E-state index in [0.29, 0.717) is 6.92 Å². The van der Waals surface area contributed by atoms with Crippen LogP contribution in [0.3, 0.4) is 0 Å². The standard InChI is InChI=1S/C13H23BO/c1-3-13(4-2)15-14-11-7-5-8-12(14)10-6-9-11/h3,11-12H,4-10H2,1-2H3. The minimum Gasteiger partial charge on any atom is -0.563 e. The molecule has 2 rings (SSSR count). The molecule has 0 aromatic carbocycles. The highest BCUT2D eigenvalue weighted by atomic mass is 16.4. The van der Waals surface area contributed by atoms with E-state index in [2.05, 4.69) is 19.9 Å². The van der Waals surface area contributed by atoms with Crippen molar-refractivity contribution in [2.45, 2.75) is 70.4 Å². The summed E-state index contributed by atoms with van der Waals surface area (Å²) in [6.45, 7) is 4.84. The van der Waals surface area contributed by atoms with Gasteiger partial charge in [-0.25, -0.2) is 0 Å². The molecule has 0 saturated carbocycles. The second-order valence-corrected chi connectivity index (χ2v) is 5.07. The molecule has 0 spiro atoms. The molecule has 15 heavy (non-hydrogen) atoms. The van der Waals surface area contributed by atoms with E-state index in [1.807, 2.05) is 0 Å². The summed E-state index contributed by atoms with van der Waals surface area (Å²) >= 11 is 0. The first-order valence-corrected chi connectivity index (χ1v) is 6.67. The minimum absolute atomic E-state index is 0.554. The van der Waals surface area contributed by atoms with Crippen LogP contribution in [-0.4, -0.2) is 6.92 Å². The van der Waals surface area contributed by atoms with Crippen molar-refractivity contribution >= 4 is 6.92 Å². The quantitative estimate of drug-likeness (QED) is 0.490. The van der Waals surface area contributed by atoms with Crippen molar-refractivity contribution in [3.8, 4) is 0 Å². The predicted molar refractivity (Wildman–Crippen MR) is 66.1 cm³/mol. The van der Waals surface area contributed by atoms with E-state index in [1.165, 1.54) is 44.3 Å². The topological polar surface area (TPSA) is 9.23 Å². The predicted octanol–water partition coefficient (Wildman–Crippen LogP) is 4.42. The van der Waals surface area contributed by atoms with Crippen LogP contribution in [0.2, 0.25) is 11.6 Å². The molecule has 84 valence electrons. The summed E-state index contributed by atoms with van der Waals surface area (Å²) in [6, 6.07) is 0. The fourth-order valence-electron chi connectivity index (χ4n) is 3.34. The molecule has 1 nitrogen and oxygen atoms in total. The molecule has 0 aromatic heterocycles. The molecular formula is C13H23BO. The molecule has 0 aliphatic carbocycles. The summed E-state index contributed by atoms with van der Waals surface area (Å²) in [5.74, 6) is 2.93. The van der Waals surface area contributed by atoms with E-state index in [1.54, 1.807) is 0 Å². The number of rotatable bonds is 3. The van der Waals surface area contributed by atoms with Crippen LogP contribution in [0.25, 0.3) is 0 Å². The highest BCUT2D eigenvalue weighted by Gasteiger charge is 2.42. The van der Waals surface area contributed by atoms with Crippen molar-refractivity contribution in [3.63, 3.8) is 0 Å². The van der Waals surface area contributed by atoms with Crippen molar-refractivity contribution in [1.29, 1.82) is 0 Å². The van der Waals surface area contributed by atoms with Crippen molar-refractivity contribution in [2.75, 3.05) is 0 Å².